The fraction of sp³-hybridized carbons (Fsp3) is 0.310. The Kier molecular flexibility index (Phi) is 7.65. The normalized spacial score (nSPS) is 12.9. The van der Waals surface area contributed by atoms with Gasteiger partial charge in [-0.15, -0.1) is 0 Å². The van der Waals surface area contributed by atoms with Crippen LogP contribution in [-0.4, -0.2) is 34.8 Å². The number of benzene rings is 2. The van der Waals surface area contributed by atoms with E-state index < -0.39 is 12.0 Å². The van der Waals surface area contributed by atoms with Crippen LogP contribution in [0.2, 0.25) is 0 Å². The number of aromatic amines is 1. The van der Waals surface area contributed by atoms with Crippen molar-refractivity contribution in [3.63, 3.8) is 0 Å². The number of Topliss-reactive ketones (excluding diaryl/α,β-unsaturated/α-hetero) is 1. The molecule has 7 heteroatoms. The first-order valence-electron chi connectivity index (χ1n) is 12.1. The Morgan fingerprint density at radius 3 is 2.67 bits per heavy atom. The zero-order valence-corrected chi connectivity index (χ0v) is 20.7. The summed E-state index contributed by atoms with van der Waals surface area (Å²) in [6.07, 6.45) is 4.43. The Balaban J connectivity index is 1.50. The van der Waals surface area contributed by atoms with Crippen LogP contribution in [0.3, 0.4) is 0 Å². The van der Waals surface area contributed by atoms with Gasteiger partial charge in [0.25, 0.3) is 0 Å². The number of carbonyl (C=O) groups is 2. The van der Waals surface area contributed by atoms with Gasteiger partial charge in [-0.3, -0.25) is 14.6 Å². The highest BCUT2D eigenvalue weighted by molar-refractivity contribution is 6.02. The molecule has 0 aliphatic carbocycles. The van der Waals surface area contributed by atoms with Gasteiger partial charge in [0.15, 0.2) is 5.78 Å². The monoisotopic (exact) mass is 482 g/mol. The maximum atomic E-state index is 13.3. The second-order valence-electron chi connectivity index (χ2n) is 9.47. The quantitative estimate of drug-likeness (QED) is 0.302. The molecule has 0 spiro atoms. The summed E-state index contributed by atoms with van der Waals surface area (Å²) in [4.78, 5) is 33.9. The maximum Gasteiger partial charge on any atom is 0.224 e. The number of nitriles is 1. The third-order valence-electron chi connectivity index (χ3n) is 6.35. The van der Waals surface area contributed by atoms with Gasteiger partial charge in [0.2, 0.25) is 5.91 Å². The number of ketones is 1. The predicted molar refractivity (Wildman–Crippen MR) is 140 cm³/mol. The molecule has 0 fully saturated rings. The lowest BCUT2D eigenvalue weighted by atomic mass is 9.90. The summed E-state index contributed by atoms with van der Waals surface area (Å²) in [5.74, 6) is -0.100. The molecule has 7 nitrogen and oxygen atoms in total. The Hall–Kier alpha value is -4.18. The van der Waals surface area contributed by atoms with E-state index in [1.807, 2.05) is 56.3 Å². The first-order valence-corrected chi connectivity index (χ1v) is 12.1. The average Bonchev–Trinajstić information content (AvgIpc) is 3.32. The van der Waals surface area contributed by atoms with Crippen molar-refractivity contribution in [1.29, 1.82) is 5.26 Å². The zero-order chi connectivity index (χ0) is 25.7. The Bertz CT molecular complexity index is 1430. The third kappa shape index (κ3) is 5.55. The number of aromatic nitrogens is 2. The minimum atomic E-state index is -0.729. The van der Waals surface area contributed by atoms with E-state index in [4.69, 9.17) is 4.74 Å². The summed E-state index contributed by atoms with van der Waals surface area (Å²) < 4.78 is 5.39. The second kappa shape index (κ2) is 11.0. The molecular formula is C29H30N4O3. The van der Waals surface area contributed by atoms with Crippen LogP contribution in [0.25, 0.3) is 21.7 Å². The molecule has 2 aromatic carbocycles. The molecule has 2 atom stereocenters. The molecule has 4 aromatic rings. The summed E-state index contributed by atoms with van der Waals surface area (Å²) >= 11 is 0. The first kappa shape index (κ1) is 24.9. The SMILES string of the molecule is COc1cccc2[nH]c(C(=O)C[C@@H](CC(C)C)C(=O)N[C@H](C#N)Cc3cncc4ccccc34)cc12. The lowest BCUT2D eigenvalue weighted by molar-refractivity contribution is -0.125. The van der Waals surface area contributed by atoms with Crippen molar-refractivity contribution in [2.75, 3.05) is 7.11 Å². The van der Waals surface area contributed by atoms with Gasteiger partial charge in [0.05, 0.1) is 18.9 Å². The van der Waals surface area contributed by atoms with Gasteiger partial charge in [0.1, 0.15) is 11.8 Å². The number of hydrogen-bond acceptors (Lipinski definition) is 5. The van der Waals surface area contributed by atoms with Crippen molar-refractivity contribution in [2.45, 2.75) is 39.2 Å². The van der Waals surface area contributed by atoms with Crippen LogP contribution < -0.4 is 10.1 Å². The van der Waals surface area contributed by atoms with Crippen molar-refractivity contribution >= 4 is 33.4 Å². The summed E-state index contributed by atoms with van der Waals surface area (Å²) in [6, 6.07) is 16.7. The molecule has 2 heterocycles. The van der Waals surface area contributed by atoms with Crippen LogP contribution in [0, 0.1) is 23.2 Å². The molecule has 1 amide bonds. The summed E-state index contributed by atoms with van der Waals surface area (Å²) in [6.45, 7) is 4.03. The number of pyridine rings is 1. The lowest BCUT2D eigenvalue weighted by Crippen LogP contribution is -2.40. The number of hydrogen-bond donors (Lipinski definition) is 2. The number of methoxy groups -OCH3 is 1. The zero-order valence-electron chi connectivity index (χ0n) is 20.7. The van der Waals surface area contributed by atoms with E-state index >= 15 is 0 Å². The van der Waals surface area contributed by atoms with Gasteiger partial charge in [-0.1, -0.05) is 44.2 Å². The van der Waals surface area contributed by atoms with Gasteiger partial charge in [-0.25, -0.2) is 0 Å². The van der Waals surface area contributed by atoms with E-state index in [-0.39, 0.29) is 24.0 Å². The largest absolute Gasteiger partial charge is 0.496 e. The van der Waals surface area contributed by atoms with Crippen LogP contribution in [0.15, 0.2) is 60.9 Å². The molecule has 0 bridgehead atoms. The first-order chi connectivity index (χ1) is 17.4. The van der Waals surface area contributed by atoms with Gasteiger partial charge >= 0.3 is 0 Å². The average molecular weight is 483 g/mol. The minimum absolute atomic E-state index is 0.0487. The van der Waals surface area contributed by atoms with Gasteiger partial charge in [0, 0.05) is 47.4 Å². The number of amides is 1. The number of nitrogens with one attached hydrogen (secondary N) is 2. The molecule has 0 radical (unpaired) electrons. The standard InChI is InChI=1S/C29H30N4O3/c1-18(2)11-20(13-27(34)26-14-24-25(33-26)9-6-10-28(24)36-3)29(35)32-22(15-30)12-21-17-31-16-19-7-4-5-8-23(19)21/h4-10,14,16-18,20,22,33H,11-13H2,1-3H3,(H,32,35)/t20-,22+/m1/s1. The van der Waals surface area contributed by atoms with Crippen molar-refractivity contribution in [1.82, 2.24) is 15.3 Å². The van der Waals surface area contributed by atoms with E-state index in [2.05, 4.69) is 21.4 Å². The maximum absolute atomic E-state index is 13.3. The topological polar surface area (TPSA) is 108 Å². The molecule has 4 rings (SSSR count). The Morgan fingerprint density at radius 1 is 1.11 bits per heavy atom. The molecule has 0 saturated heterocycles. The molecule has 0 aliphatic heterocycles. The van der Waals surface area contributed by atoms with Crippen molar-refractivity contribution < 1.29 is 14.3 Å². The highest BCUT2D eigenvalue weighted by Crippen LogP contribution is 2.28. The highest BCUT2D eigenvalue weighted by atomic mass is 16.5. The summed E-state index contributed by atoms with van der Waals surface area (Å²) in [5, 5.41) is 15.5. The highest BCUT2D eigenvalue weighted by Gasteiger charge is 2.27. The number of ether oxygens (including phenoxy) is 1. The van der Waals surface area contributed by atoms with E-state index in [1.54, 1.807) is 25.6 Å². The number of carbonyl (C=O) groups excluding carboxylic acids is 2. The fourth-order valence-electron chi connectivity index (χ4n) is 4.62. The van der Waals surface area contributed by atoms with E-state index in [0.29, 0.717) is 24.3 Å². The van der Waals surface area contributed by atoms with Crippen LogP contribution in [0.1, 0.15) is 42.7 Å². The summed E-state index contributed by atoms with van der Waals surface area (Å²) in [5.41, 5.74) is 2.13. The molecule has 36 heavy (non-hydrogen) atoms. The molecule has 2 aromatic heterocycles. The molecule has 0 saturated carbocycles. The number of fused-ring (bicyclic) bond motifs is 2. The minimum Gasteiger partial charge on any atom is -0.496 e. The van der Waals surface area contributed by atoms with Crippen molar-refractivity contribution in [2.24, 2.45) is 11.8 Å². The van der Waals surface area contributed by atoms with Crippen LogP contribution >= 0.6 is 0 Å². The van der Waals surface area contributed by atoms with Gasteiger partial charge in [-0.2, -0.15) is 5.26 Å². The van der Waals surface area contributed by atoms with E-state index in [9.17, 15) is 14.9 Å². The Morgan fingerprint density at radius 2 is 1.92 bits per heavy atom. The molecule has 2 N–H and O–H groups in total. The second-order valence-corrected chi connectivity index (χ2v) is 9.47. The summed E-state index contributed by atoms with van der Waals surface area (Å²) in [7, 11) is 1.59. The number of H-pyrrole nitrogens is 1. The molecular weight excluding hydrogens is 452 g/mol. The van der Waals surface area contributed by atoms with Gasteiger partial charge < -0.3 is 15.0 Å². The van der Waals surface area contributed by atoms with Crippen molar-refractivity contribution in [3.8, 4) is 11.8 Å². The predicted octanol–water partition coefficient (Wildman–Crippen LogP) is 5.21. The fourth-order valence-corrected chi connectivity index (χ4v) is 4.62. The van der Waals surface area contributed by atoms with E-state index in [0.717, 1.165) is 27.2 Å². The Labute approximate surface area is 210 Å². The number of nitrogens with zero attached hydrogens (tertiary/aromatic N) is 2. The van der Waals surface area contributed by atoms with Crippen LogP contribution in [0.4, 0.5) is 0 Å². The molecule has 184 valence electrons. The molecule has 0 unspecified atom stereocenters. The lowest BCUT2D eigenvalue weighted by Gasteiger charge is -2.20. The van der Waals surface area contributed by atoms with E-state index in [1.165, 1.54) is 0 Å². The van der Waals surface area contributed by atoms with Crippen LogP contribution in [-0.2, 0) is 11.2 Å². The van der Waals surface area contributed by atoms with Crippen molar-refractivity contribution in [3.05, 3.63) is 72.2 Å². The molecule has 0 aliphatic rings. The van der Waals surface area contributed by atoms with Gasteiger partial charge in [-0.05, 0) is 41.5 Å². The smallest absolute Gasteiger partial charge is 0.224 e. The number of rotatable bonds is 10. The third-order valence-corrected chi connectivity index (χ3v) is 6.35. The van der Waals surface area contributed by atoms with Crippen LogP contribution in [0.5, 0.6) is 5.75 Å².